The molecule has 11 atom stereocenters. The van der Waals surface area contributed by atoms with E-state index in [0.29, 0.717) is 23.0 Å². The summed E-state index contributed by atoms with van der Waals surface area (Å²) in [4.78, 5) is 11.0. The average molecular weight is 1030 g/mol. The maximum atomic E-state index is 12.5. The highest BCUT2D eigenvalue weighted by Crippen LogP contribution is 2.40. The fraction of sp³-hybridized carbons (Fsp3) is 0.368. The van der Waals surface area contributed by atoms with Gasteiger partial charge in [-0.2, -0.15) is 0 Å². The summed E-state index contributed by atoms with van der Waals surface area (Å²) in [5, 5.41) is 24.0. The summed E-state index contributed by atoms with van der Waals surface area (Å²) < 4.78 is 88.9. The molecule has 6 aromatic rings. The summed E-state index contributed by atoms with van der Waals surface area (Å²) in [6.45, 7) is 0.566. The largest absolute Gasteiger partial charge is 0.497 e. The standard InChI is InChI=1S/C57H61NO17/c1-62-42-20-10-36(11-21-42)30-66-34-47-50(67-31-37-12-22-43(63-2)23-13-37)53(68-32-38-14-24-44(64-3)25-15-38)54(69-33-39-16-26-45(65-4)27-17-39)57(73-47)75-52-49(59)56(71-46-28-18-41(19-29-46)58(60)61)72-48-35-70-55(74-51(48)52)40-8-6-5-7-9-40/h5-29,47-57,59H,30-35H2,1-4H3/t47-,48+,49+,50-,51+,52+,53+,54-,55+,56-,57-/m0/s1. The SMILES string of the molecule is COc1ccc(COC[C@@H]2O[C@@H](O[C@@H]3[C@@H](O)[C@@H](Oc4ccc([N+](=O)[O-])cc4)O[C@@H]4CO[C@@H](c5ccccc5)O[C@@H]34)[C@@H](OCc3ccc(OC)cc3)[C@H](OCc3ccc(OC)cc3)[C@H]2OCc2ccc(OC)cc2)cc1. The molecule has 0 bridgehead atoms. The molecule has 0 saturated carbocycles. The van der Waals surface area contributed by atoms with Crippen LogP contribution in [0.25, 0.3) is 0 Å². The van der Waals surface area contributed by atoms with Gasteiger partial charge in [-0.25, -0.2) is 0 Å². The molecule has 0 amide bonds. The Morgan fingerprint density at radius 2 is 1.01 bits per heavy atom. The lowest BCUT2D eigenvalue weighted by atomic mass is 9.95. The fourth-order valence-corrected chi connectivity index (χ4v) is 8.98. The smallest absolute Gasteiger partial charge is 0.269 e. The molecule has 0 aliphatic carbocycles. The molecule has 18 heteroatoms. The van der Waals surface area contributed by atoms with Gasteiger partial charge in [0.05, 0.1) is 73.0 Å². The minimum absolute atomic E-state index is 0.00144. The fourth-order valence-electron chi connectivity index (χ4n) is 8.98. The summed E-state index contributed by atoms with van der Waals surface area (Å²) in [5.41, 5.74) is 4.00. The van der Waals surface area contributed by atoms with Gasteiger partial charge in [0, 0.05) is 17.7 Å². The zero-order valence-electron chi connectivity index (χ0n) is 42.0. The number of nitro benzene ring substituents is 1. The molecule has 3 fully saturated rings. The Hall–Kier alpha value is -6.68. The highest BCUT2D eigenvalue weighted by molar-refractivity contribution is 5.36. The molecule has 0 spiro atoms. The van der Waals surface area contributed by atoms with Crippen molar-refractivity contribution in [1.82, 2.24) is 0 Å². The van der Waals surface area contributed by atoms with Crippen molar-refractivity contribution in [3.63, 3.8) is 0 Å². The number of fused-ring (bicyclic) bond motifs is 1. The van der Waals surface area contributed by atoms with E-state index < -0.39 is 72.6 Å². The predicted octanol–water partition coefficient (Wildman–Crippen LogP) is 8.29. The zero-order valence-corrected chi connectivity index (χ0v) is 42.0. The van der Waals surface area contributed by atoms with Crippen LogP contribution in [0.5, 0.6) is 28.7 Å². The van der Waals surface area contributed by atoms with Crippen LogP contribution in [0.3, 0.4) is 0 Å². The van der Waals surface area contributed by atoms with Crippen molar-refractivity contribution in [3.05, 3.63) is 190 Å². The molecule has 1 N–H and O–H groups in total. The molecular weight excluding hydrogens is 971 g/mol. The molecule has 0 unspecified atom stereocenters. The number of nitro groups is 1. The van der Waals surface area contributed by atoms with Gasteiger partial charge in [-0.05, 0) is 82.9 Å². The minimum Gasteiger partial charge on any atom is -0.497 e. The highest BCUT2D eigenvalue weighted by atomic mass is 16.8. The average Bonchev–Trinajstić information content (AvgIpc) is 3.45. The summed E-state index contributed by atoms with van der Waals surface area (Å²) >= 11 is 0. The Bertz CT molecular complexity index is 2680. The lowest BCUT2D eigenvalue weighted by molar-refractivity contribution is -0.391. The number of ether oxygens (including phenoxy) is 14. The highest BCUT2D eigenvalue weighted by Gasteiger charge is 2.56. The number of aliphatic hydroxyl groups is 1. The van der Waals surface area contributed by atoms with Crippen LogP contribution < -0.4 is 23.7 Å². The number of methoxy groups -OCH3 is 4. The molecule has 3 aliphatic heterocycles. The lowest BCUT2D eigenvalue weighted by Gasteiger charge is -2.51. The first-order valence-electron chi connectivity index (χ1n) is 24.5. The Labute approximate surface area is 434 Å². The molecule has 9 rings (SSSR count). The third kappa shape index (κ3) is 13.6. The van der Waals surface area contributed by atoms with Crippen molar-refractivity contribution in [2.75, 3.05) is 41.7 Å². The first-order chi connectivity index (χ1) is 36.7. The second-order valence-corrected chi connectivity index (χ2v) is 18.0. The van der Waals surface area contributed by atoms with E-state index in [2.05, 4.69) is 0 Å². The third-order valence-electron chi connectivity index (χ3n) is 13.1. The zero-order chi connectivity index (χ0) is 52.1. The monoisotopic (exact) mass is 1030 g/mol. The minimum atomic E-state index is -1.55. The van der Waals surface area contributed by atoms with Crippen molar-refractivity contribution >= 4 is 5.69 Å². The summed E-state index contributed by atoms with van der Waals surface area (Å²) in [7, 11) is 6.42. The van der Waals surface area contributed by atoms with E-state index in [4.69, 9.17) is 66.3 Å². The van der Waals surface area contributed by atoms with Crippen molar-refractivity contribution < 1.29 is 76.3 Å². The summed E-state index contributed by atoms with van der Waals surface area (Å²) in [5.74, 6) is 2.96. The van der Waals surface area contributed by atoms with E-state index in [1.54, 1.807) is 28.4 Å². The van der Waals surface area contributed by atoms with E-state index in [1.807, 2.05) is 127 Å². The van der Waals surface area contributed by atoms with Crippen LogP contribution in [-0.2, 0) is 69.1 Å². The molecule has 3 heterocycles. The summed E-state index contributed by atoms with van der Waals surface area (Å²) in [6.07, 6.45) is -11.8. The van der Waals surface area contributed by atoms with Gasteiger partial charge in [0.2, 0.25) is 6.29 Å². The number of non-ortho nitro benzene ring substituents is 1. The van der Waals surface area contributed by atoms with E-state index in [9.17, 15) is 15.2 Å². The molecule has 396 valence electrons. The van der Waals surface area contributed by atoms with Crippen molar-refractivity contribution in [2.45, 2.75) is 94.1 Å². The number of hydrogen-bond acceptors (Lipinski definition) is 17. The Balaban J connectivity index is 1.10. The van der Waals surface area contributed by atoms with E-state index in [0.717, 1.165) is 27.8 Å². The van der Waals surface area contributed by atoms with Crippen LogP contribution in [0, 0.1) is 10.1 Å². The van der Waals surface area contributed by atoms with Crippen molar-refractivity contribution in [1.29, 1.82) is 0 Å². The first-order valence-corrected chi connectivity index (χ1v) is 24.5. The topological polar surface area (TPSA) is 193 Å². The molecule has 3 saturated heterocycles. The number of aliphatic hydroxyl groups excluding tert-OH is 1. The van der Waals surface area contributed by atoms with Crippen LogP contribution in [0.15, 0.2) is 152 Å². The predicted molar refractivity (Wildman–Crippen MR) is 269 cm³/mol. The second kappa shape index (κ2) is 25.7. The van der Waals surface area contributed by atoms with Gasteiger partial charge in [0.25, 0.3) is 5.69 Å². The van der Waals surface area contributed by atoms with Crippen LogP contribution in [0.4, 0.5) is 5.69 Å². The van der Waals surface area contributed by atoms with Crippen molar-refractivity contribution in [2.24, 2.45) is 0 Å². The molecular formula is C57H61NO17. The molecule has 75 heavy (non-hydrogen) atoms. The number of rotatable bonds is 23. The maximum Gasteiger partial charge on any atom is 0.269 e. The quantitative estimate of drug-likeness (QED) is 0.0476. The molecule has 18 nitrogen and oxygen atoms in total. The molecule has 3 aliphatic rings. The van der Waals surface area contributed by atoms with Gasteiger partial charge >= 0.3 is 0 Å². The van der Waals surface area contributed by atoms with Gasteiger partial charge in [0.1, 0.15) is 77.6 Å². The van der Waals surface area contributed by atoms with Crippen LogP contribution in [0.1, 0.15) is 34.1 Å². The number of benzene rings is 6. The van der Waals surface area contributed by atoms with E-state index in [-0.39, 0.29) is 51.1 Å². The maximum absolute atomic E-state index is 12.5. The summed E-state index contributed by atoms with van der Waals surface area (Å²) in [6, 6.07) is 45.0. The van der Waals surface area contributed by atoms with E-state index in [1.165, 1.54) is 24.3 Å². The van der Waals surface area contributed by atoms with Crippen molar-refractivity contribution in [3.8, 4) is 28.7 Å². The van der Waals surface area contributed by atoms with Crippen LogP contribution >= 0.6 is 0 Å². The van der Waals surface area contributed by atoms with Gasteiger partial charge in [-0.3, -0.25) is 10.1 Å². The number of hydrogen-bond donors (Lipinski definition) is 1. The number of nitrogens with zero attached hydrogens (tertiary/aromatic N) is 1. The third-order valence-corrected chi connectivity index (χ3v) is 13.1. The normalized spacial score (nSPS) is 25.4. The Kier molecular flexibility index (Phi) is 18.2. The first kappa shape index (κ1) is 53.2. The lowest BCUT2D eigenvalue weighted by Crippen LogP contribution is -2.67. The van der Waals surface area contributed by atoms with Crippen LogP contribution in [0.2, 0.25) is 0 Å². The van der Waals surface area contributed by atoms with E-state index >= 15 is 0 Å². The molecule has 0 aromatic heterocycles. The van der Waals surface area contributed by atoms with Crippen LogP contribution in [-0.4, -0.2) is 113 Å². The Morgan fingerprint density at radius 3 is 1.52 bits per heavy atom. The van der Waals surface area contributed by atoms with Gasteiger partial charge in [-0.1, -0.05) is 78.9 Å². The molecule has 6 aromatic carbocycles. The van der Waals surface area contributed by atoms with Gasteiger partial charge in [-0.15, -0.1) is 0 Å². The second-order valence-electron chi connectivity index (χ2n) is 18.0. The van der Waals surface area contributed by atoms with Gasteiger partial charge < -0.3 is 71.4 Å². The van der Waals surface area contributed by atoms with Gasteiger partial charge in [0.15, 0.2) is 12.6 Å². The Morgan fingerprint density at radius 1 is 0.533 bits per heavy atom. The molecule has 0 radical (unpaired) electrons.